The highest BCUT2D eigenvalue weighted by molar-refractivity contribution is 8.00. The molecule has 0 radical (unpaired) electrons. The minimum atomic E-state index is -0.776. The van der Waals surface area contributed by atoms with Crippen LogP contribution < -0.4 is 11.1 Å². The minimum absolute atomic E-state index is 0.0274. The summed E-state index contributed by atoms with van der Waals surface area (Å²) in [5.41, 5.74) is 5.55. The van der Waals surface area contributed by atoms with Crippen molar-refractivity contribution in [3.05, 3.63) is 0 Å². The first-order valence-corrected chi connectivity index (χ1v) is 9.34. The number of nitrogens with two attached hydrogens (primary N) is 1. The molecule has 2 aliphatic carbocycles. The number of amides is 1. The van der Waals surface area contributed by atoms with E-state index in [1.165, 1.54) is 19.3 Å². The van der Waals surface area contributed by atoms with Crippen molar-refractivity contribution in [3.63, 3.8) is 0 Å². The van der Waals surface area contributed by atoms with E-state index >= 15 is 0 Å². The molecule has 4 nitrogen and oxygen atoms in total. The molecule has 3 aliphatic rings. The molecule has 2 saturated carbocycles. The molecule has 0 spiro atoms. The van der Waals surface area contributed by atoms with Gasteiger partial charge in [0, 0.05) is 29.2 Å². The van der Waals surface area contributed by atoms with E-state index in [9.17, 15) is 4.79 Å². The van der Waals surface area contributed by atoms with Crippen molar-refractivity contribution >= 4 is 17.7 Å². The van der Waals surface area contributed by atoms with Gasteiger partial charge < -0.3 is 15.8 Å². The largest absolute Gasteiger partial charge is 0.377 e. The molecule has 1 amide bonds. The Morgan fingerprint density at radius 2 is 2.10 bits per heavy atom. The molecule has 0 aromatic rings. The van der Waals surface area contributed by atoms with E-state index in [2.05, 4.69) is 25.4 Å². The number of ether oxygens (including phenoxy) is 1. The molecule has 0 aromatic carbocycles. The topological polar surface area (TPSA) is 64.4 Å². The maximum Gasteiger partial charge on any atom is 0.241 e. The average molecular weight is 312 g/mol. The smallest absolute Gasteiger partial charge is 0.241 e. The van der Waals surface area contributed by atoms with Gasteiger partial charge in [0.2, 0.25) is 5.91 Å². The molecule has 1 heterocycles. The second kappa shape index (κ2) is 5.14. The quantitative estimate of drug-likeness (QED) is 0.832. The maximum absolute atomic E-state index is 12.8. The van der Waals surface area contributed by atoms with Crippen molar-refractivity contribution in [2.24, 2.45) is 17.1 Å². The van der Waals surface area contributed by atoms with Crippen molar-refractivity contribution in [2.45, 2.75) is 62.3 Å². The normalized spacial score (nSPS) is 39.6. The predicted molar refractivity (Wildman–Crippen MR) is 86.3 cm³/mol. The number of nitrogens with one attached hydrogen (secondary N) is 1. The molecule has 3 atom stereocenters. The zero-order valence-electron chi connectivity index (χ0n) is 13.4. The van der Waals surface area contributed by atoms with Crippen LogP contribution in [-0.4, -0.2) is 41.7 Å². The van der Waals surface area contributed by atoms with Gasteiger partial charge in [0.1, 0.15) is 5.54 Å². The van der Waals surface area contributed by atoms with Gasteiger partial charge in [0.05, 0.1) is 6.10 Å². The van der Waals surface area contributed by atoms with Crippen molar-refractivity contribution in [1.29, 1.82) is 0 Å². The van der Waals surface area contributed by atoms with Gasteiger partial charge >= 0.3 is 0 Å². The van der Waals surface area contributed by atoms with Gasteiger partial charge in [-0.2, -0.15) is 11.8 Å². The van der Waals surface area contributed by atoms with Crippen LogP contribution in [0.3, 0.4) is 0 Å². The summed E-state index contributed by atoms with van der Waals surface area (Å²) in [6.07, 6.45) is 7.97. The summed E-state index contributed by atoms with van der Waals surface area (Å²) in [6, 6.07) is 0. The standard InChI is InChI=1S/C16H28N2O2S/c1-14(2)12-11(6-4-9-20-12)16(14,17)13(19)18-10-15(21-3)7-5-8-15/h11-12H,4-10,17H2,1-3H3,(H,18,19). The third-order valence-electron chi connectivity index (χ3n) is 6.33. The zero-order chi connectivity index (χ0) is 15.3. The lowest BCUT2D eigenvalue weighted by molar-refractivity contribution is -0.225. The van der Waals surface area contributed by atoms with E-state index in [1.54, 1.807) is 0 Å². The van der Waals surface area contributed by atoms with Crippen LogP contribution >= 0.6 is 11.8 Å². The van der Waals surface area contributed by atoms with Crippen molar-refractivity contribution in [1.82, 2.24) is 5.32 Å². The van der Waals surface area contributed by atoms with Gasteiger partial charge in [-0.15, -0.1) is 0 Å². The summed E-state index contributed by atoms with van der Waals surface area (Å²) in [5, 5.41) is 3.17. The molecule has 0 bridgehead atoms. The van der Waals surface area contributed by atoms with E-state index < -0.39 is 5.54 Å². The third kappa shape index (κ3) is 2.07. The predicted octanol–water partition coefficient (Wildman–Crippen LogP) is 1.92. The van der Waals surface area contributed by atoms with Crippen LogP contribution in [-0.2, 0) is 9.53 Å². The first kappa shape index (κ1) is 15.6. The van der Waals surface area contributed by atoms with E-state index in [0.717, 1.165) is 26.0 Å². The Bertz CT molecular complexity index is 430. The second-order valence-corrected chi connectivity index (χ2v) is 8.83. The Kier molecular flexibility index (Phi) is 3.82. The third-order valence-corrected chi connectivity index (χ3v) is 7.75. The first-order valence-electron chi connectivity index (χ1n) is 8.11. The highest BCUT2D eigenvalue weighted by Crippen LogP contribution is 2.57. The molecule has 3 N–H and O–H groups in total. The lowest BCUT2D eigenvalue weighted by atomic mass is 9.46. The Morgan fingerprint density at radius 1 is 1.38 bits per heavy atom. The van der Waals surface area contributed by atoms with Crippen LogP contribution in [0.25, 0.3) is 0 Å². The summed E-state index contributed by atoms with van der Waals surface area (Å²) in [7, 11) is 0. The van der Waals surface area contributed by atoms with Gasteiger partial charge in [-0.25, -0.2) is 0 Å². The van der Waals surface area contributed by atoms with Crippen LogP contribution in [0, 0.1) is 11.3 Å². The summed E-state index contributed by atoms with van der Waals surface area (Å²) in [6.45, 7) is 5.71. The van der Waals surface area contributed by atoms with Crippen LogP contribution in [0.5, 0.6) is 0 Å². The fourth-order valence-corrected chi connectivity index (χ4v) is 5.36. The molecule has 21 heavy (non-hydrogen) atoms. The SMILES string of the molecule is CSC1(CNC(=O)C2(N)C3CCCOC3C2(C)C)CCC1. The second-order valence-electron chi connectivity index (χ2n) is 7.55. The van der Waals surface area contributed by atoms with Gasteiger partial charge in [-0.05, 0) is 31.9 Å². The summed E-state index contributed by atoms with van der Waals surface area (Å²) >= 11 is 1.88. The Balaban J connectivity index is 1.68. The number of carbonyl (C=O) groups is 1. The highest BCUT2D eigenvalue weighted by atomic mass is 32.2. The monoisotopic (exact) mass is 312 g/mol. The van der Waals surface area contributed by atoms with Gasteiger partial charge in [-0.3, -0.25) is 4.79 Å². The molecule has 3 rings (SSSR count). The van der Waals surface area contributed by atoms with Gasteiger partial charge in [0.25, 0.3) is 0 Å². The fraction of sp³-hybridized carbons (Fsp3) is 0.938. The first-order chi connectivity index (χ1) is 9.87. The molecular weight excluding hydrogens is 284 g/mol. The Labute approximate surface area is 131 Å². The number of fused-ring (bicyclic) bond motifs is 1. The lowest BCUT2D eigenvalue weighted by Crippen LogP contribution is -2.82. The van der Waals surface area contributed by atoms with E-state index in [0.29, 0.717) is 0 Å². The summed E-state index contributed by atoms with van der Waals surface area (Å²) in [5.74, 6) is 0.201. The lowest BCUT2D eigenvalue weighted by Gasteiger charge is -2.65. The van der Waals surface area contributed by atoms with Gasteiger partial charge in [-0.1, -0.05) is 20.3 Å². The van der Waals surface area contributed by atoms with Crippen LogP contribution in [0.1, 0.15) is 46.0 Å². The van der Waals surface area contributed by atoms with Crippen LogP contribution in [0.4, 0.5) is 0 Å². The van der Waals surface area contributed by atoms with Crippen molar-refractivity contribution in [2.75, 3.05) is 19.4 Å². The molecule has 0 aromatic heterocycles. The van der Waals surface area contributed by atoms with Crippen LogP contribution in [0.15, 0.2) is 0 Å². The summed E-state index contributed by atoms with van der Waals surface area (Å²) < 4.78 is 6.12. The van der Waals surface area contributed by atoms with Crippen molar-refractivity contribution < 1.29 is 9.53 Å². The van der Waals surface area contributed by atoms with Crippen LogP contribution in [0.2, 0.25) is 0 Å². The zero-order valence-corrected chi connectivity index (χ0v) is 14.2. The highest BCUT2D eigenvalue weighted by Gasteiger charge is 2.70. The van der Waals surface area contributed by atoms with Crippen molar-refractivity contribution in [3.8, 4) is 0 Å². The van der Waals surface area contributed by atoms with Gasteiger partial charge in [0.15, 0.2) is 0 Å². The Morgan fingerprint density at radius 3 is 2.67 bits per heavy atom. The van der Waals surface area contributed by atoms with E-state index in [4.69, 9.17) is 10.5 Å². The minimum Gasteiger partial charge on any atom is -0.377 e. The number of thioether (sulfide) groups is 1. The molecule has 1 saturated heterocycles. The molecule has 120 valence electrons. The fourth-order valence-electron chi connectivity index (χ4n) is 4.45. The molecule has 1 aliphatic heterocycles. The average Bonchev–Trinajstić information content (AvgIpc) is 2.45. The Hall–Kier alpha value is -0.260. The number of hydrogen-bond acceptors (Lipinski definition) is 4. The maximum atomic E-state index is 12.8. The molecule has 3 fully saturated rings. The van der Waals surface area contributed by atoms with E-state index in [-0.39, 0.29) is 28.1 Å². The number of hydrogen-bond donors (Lipinski definition) is 2. The number of carbonyl (C=O) groups excluding carboxylic acids is 1. The molecular formula is C16H28N2O2S. The molecule has 5 heteroatoms. The summed E-state index contributed by atoms with van der Waals surface area (Å²) in [4.78, 5) is 12.8. The van der Waals surface area contributed by atoms with E-state index in [1.807, 2.05) is 11.8 Å². The molecule has 3 unspecified atom stereocenters. The number of rotatable bonds is 4.